The predicted molar refractivity (Wildman–Crippen MR) is 72.9 cm³/mol. The molecule has 2 aromatic rings. The van der Waals surface area contributed by atoms with E-state index in [1.807, 2.05) is 31.2 Å². The summed E-state index contributed by atoms with van der Waals surface area (Å²) in [5, 5.41) is 11.7. The standard InChI is InChI=1S/C15H17NO3/c1-10-4-3-5-12(8-10)13-6-7-14(19-13)15(18)16-9-11(2)17/h3-8,11,17H,9H2,1-2H3,(H,16,18). The van der Waals surface area contributed by atoms with Gasteiger partial charge in [-0.3, -0.25) is 4.79 Å². The van der Waals surface area contributed by atoms with Crippen molar-refractivity contribution < 1.29 is 14.3 Å². The fraction of sp³-hybridized carbons (Fsp3) is 0.267. The number of hydrogen-bond donors (Lipinski definition) is 2. The van der Waals surface area contributed by atoms with E-state index in [1.165, 1.54) is 0 Å². The van der Waals surface area contributed by atoms with Gasteiger partial charge in [0.25, 0.3) is 5.91 Å². The van der Waals surface area contributed by atoms with Gasteiger partial charge >= 0.3 is 0 Å². The Balaban J connectivity index is 2.13. The summed E-state index contributed by atoms with van der Waals surface area (Å²) in [4.78, 5) is 11.7. The van der Waals surface area contributed by atoms with Crippen LogP contribution in [0.3, 0.4) is 0 Å². The van der Waals surface area contributed by atoms with E-state index in [1.54, 1.807) is 19.1 Å². The van der Waals surface area contributed by atoms with Crippen molar-refractivity contribution in [3.8, 4) is 11.3 Å². The number of rotatable bonds is 4. The zero-order chi connectivity index (χ0) is 13.8. The first-order valence-corrected chi connectivity index (χ1v) is 6.19. The highest BCUT2D eigenvalue weighted by molar-refractivity contribution is 5.92. The molecule has 1 amide bonds. The Morgan fingerprint density at radius 2 is 2.16 bits per heavy atom. The summed E-state index contributed by atoms with van der Waals surface area (Å²) >= 11 is 0. The summed E-state index contributed by atoms with van der Waals surface area (Å²) in [5.74, 6) is 0.586. The van der Waals surface area contributed by atoms with Gasteiger partial charge in [-0.1, -0.05) is 23.8 Å². The molecule has 2 rings (SSSR count). The van der Waals surface area contributed by atoms with E-state index >= 15 is 0 Å². The van der Waals surface area contributed by atoms with Gasteiger partial charge in [-0.05, 0) is 32.0 Å². The maximum Gasteiger partial charge on any atom is 0.287 e. The van der Waals surface area contributed by atoms with Gasteiger partial charge < -0.3 is 14.8 Å². The van der Waals surface area contributed by atoms with Crippen LogP contribution in [0.25, 0.3) is 11.3 Å². The molecule has 0 spiro atoms. The normalized spacial score (nSPS) is 12.2. The van der Waals surface area contributed by atoms with E-state index in [2.05, 4.69) is 5.32 Å². The summed E-state index contributed by atoms with van der Waals surface area (Å²) in [6, 6.07) is 11.3. The van der Waals surface area contributed by atoms with E-state index in [0.717, 1.165) is 11.1 Å². The molecule has 1 aromatic heterocycles. The quantitative estimate of drug-likeness (QED) is 0.886. The minimum absolute atomic E-state index is 0.208. The van der Waals surface area contributed by atoms with Crippen molar-refractivity contribution in [2.75, 3.05) is 6.54 Å². The average molecular weight is 259 g/mol. The summed E-state index contributed by atoms with van der Waals surface area (Å²) in [5.41, 5.74) is 2.07. The fourth-order valence-corrected chi connectivity index (χ4v) is 1.74. The van der Waals surface area contributed by atoms with Crippen LogP contribution in [-0.4, -0.2) is 23.7 Å². The summed E-state index contributed by atoms with van der Waals surface area (Å²) in [6.07, 6.45) is -0.574. The topological polar surface area (TPSA) is 62.5 Å². The number of hydrogen-bond acceptors (Lipinski definition) is 3. The Morgan fingerprint density at radius 3 is 2.84 bits per heavy atom. The minimum Gasteiger partial charge on any atom is -0.451 e. The minimum atomic E-state index is -0.574. The second kappa shape index (κ2) is 5.71. The third-order valence-corrected chi connectivity index (χ3v) is 2.69. The SMILES string of the molecule is Cc1cccc(-c2ccc(C(=O)NCC(C)O)o2)c1. The number of carbonyl (C=O) groups is 1. The lowest BCUT2D eigenvalue weighted by molar-refractivity contribution is 0.0897. The molecule has 1 aromatic carbocycles. The molecule has 0 saturated heterocycles. The third-order valence-electron chi connectivity index (χ3n) is 2.69. The number of benzene rings is 1. The van der Waals surface area contributed by atoms with Gasteiger partial charge in [-0.2, -0.15) is 0 Å². The molecule has 4 nitrogen and oxygen atoms in total. The molecule has 1 heterocycles. The Morgan fingerprint density at radius 1 is 1.37 bits per heavy atom. The van der Waals surface area contributed by atoms with Crippen molar-refractivity contribution in [2.24, 2.45) is 0 Å². The van der Waals surface area contributed by atoms with E-state index in [-0.39, 0.29) is 18.2 Å². The molecule has 0 bridgehead atoms. The van der Waals surface area contributed by atoms with Gasteiger partial charge in [-0.25, -0.2) is 0 Å². The second-order valence-electron chi connectivity index (χ2n) is 4.59. The number of furan rings is 1. The van der Waals surface area contributed by atoms with Gasteiger partial charge in [0, 0.05) is 12.1 Å². The van der Waals surface area contributed by atoms with Gasteiger partial charge in [-0.15, -0.1) is 0 Å². The van der Waals surface area contributed by atoms with E-state index < -0.39 is 6.10 Å². The molecule has 100 valence electrons. The van der Waals surface area contributed by atoms with Crippen LogP contribution < -0.4 is 5.32 Å². The van der Waals surface area contributed by atoms with Crippen LogP contribution >= 0.6 is 0 Å². The molecule has 0 aliphatic rings. The van der Waals surface area contributed by atoms with Crippen LogP contribution in [0, 0.1) is 6.92 Å². The predicted octanol–water partition coefficient (Wildman–Crippen LogP) is 2.37. The first kappa shape index (κ1) is 13.4. The lowest BCUT2D eigenvalue weighted by atomic mass is 10.1. The van der Waals surface area contributed by atoms with E-state index in [9.17, 15) is 4.79 Å². The Bertz CT molecular complexity index is 572. The number of nitrogens with one attached hydrogen (secondary N) is 1. The molecular weight excluding hydrogens is 242 g/mol. The summed E-state index contributed by atoms with van der Waals surface area (Å²) in [6.45, 7) is 3.82. The maximum atomic E-state index is 11.7. The lowest BCUT2D eigenvalue weighted by Gasteiger charge is -2.04. The molecule has 0 radical (unpaired) electrons. The average Bonchev–Trinajstić information content (AvgIpc) is 2.85. The Labute approximate surface area is 112 Å². The van der Waals surface area contributed by atoms with Crippen LogP contribution in [0.1, 0.15) is 23.0 Å². The molecule has 0 aliphatic heterocycles. The molecule has 2 N–H and O–H groups in total. The van der Waals surface area contributed by atoms with Crippen LogP contribution in [-0.2, 0) is 0 Å². The number of aryl methyl sites for hydroxylation is 1. The maximum absolute atomic E-state index is 11.7. The fourth-order valence-electron chi connectivity index (χ4n) is 1.74. The molecule has 0 fully saturated rings. The third kappa shape index (κ3) is 3.45. The van der Waals surface area contributed by atoms with Gasteiger partial charge in [0.1, 0.15) is 5.76 Å². The number of carbonyl (C=O) groups excluding carboxylic acids is 1. The van der Waals surface area contributed by atoms with E-state index in [4.69, 9.17) is 9.52 Å². The van der Waals surface area contributed by atoms with Gasteiger partial charge in [0.2, 0.25) is 0 Å². The lowest BCUT2D eigenvalue weighted by Crippen LogP contribution is -2.30. The Kier molecular flexibility index (Phi) is 4.02. The van der Waals surface area contributed by atoms with E-state index in [0.29, 0.717) is 5.76 Å². The molecule has 1 atom stereocenters. The second-order valence-corrected chi connectivity index (χ2v) is 4.59. The first-order chi connectivity index (χ1) is 9.06. The van der Waals surface area contributed by atoms with Crippen molar-refractivity contribution in [2.45, 2.75) is 20.0 Å². The van der Waals surface area contributed by atoms with Crippen LogP contribution in [0.5, 0.6) is 0 Å². The largest absolute Gasteiger partial charge is 0.451 e. The van der Waals surface area contributed by atoms with Crippen molar-refractivity contribution in [1.82, 2.24) is 5.32 Å². The molecule has 4 heteroatoms. The van der Waals surface area contributed by atoms with Crippen LogP contribution in [0.2, 0.25) is 0 Å². The van der Waals surface area contributed by atoms with Crippen molar-refractivity contribution >= 4 is 5.91 Å². The number of aliphatic hydroxyl groups is 1. The Hall–Kier alpha value is -2.07. The molecule has 0 saturated carbocycles. The molecule has 1 unspecified atom stereocenters. The number of amides is 1. The van der Waals surface area contributed by atoms with Gasteiger partial charge in [0.05, 0.1) is 6.10 Å². The highest BCUT2D eigenvalue weighted by Crippen LogP contribution is 2.22. The summed E-state index contributed by atoms with van der Waals surface area (Å²) < 4.78 is 5.53. The van der Waals surface area contributed by atoms with Crippen LogP contribution in [0.15, 0.2) is 40.8 Å². The zero-order valence-electron chi connectivity index (χ0n) is 11.0. The summed E-state index contributed by atoms with van der Waals surface area (Å²) in [7, 11) is 0. The van der Waals surface area contributed by atoms with Crippen molar-refractivity contribution in [3.63, 3.8) is 0 Å². The molecular formula is C15H17NO3. The monoisotopic (exact) mass is 259 g/mol. The molecule has 19 heavy (non-hydrogen) atoms. The van der Waals surface area contributed by atoms with Crippen molar-refractivity contribution in [3.05, 3.63) is 47.7 Å². The highest BCUT2D eigenvalue weighted by Gasteiger charge is 2.12. The zero-order valence-corrected chi connectivity index (χ0v) is 11.0. The van der Waals surface area contributed by atoms with Crippen molar-refractivity contribution in [1.29, 1.82) is 0 Å². The smallest absolute Gasteiger partial charge is 0.287 e. The highest BCUT2D eigenvalue weighted by atomic mass is 16.4. The first-order valence-electron chi connectivity index (χ1n) is 6.19. The van der Waals surface area contributed by atoms with Crippen LogP contribution in [0.4, 0.5) is 0 Å². The molecule has 0 aliphatic carbocycles. The van der Waals surface area contributed by atoms with Gasteiger partial charge in [0.15, 0.2) is 5.76 Å². The number of aliphatic hydroxyl groups excluding tert-OH is 1.